The van der Waals surface area contributed by atoms with E-state index in [1.165, 1.54) is 23.1 Å². The van der Waals surface area contributed by atoms with Crippen molar-refractivity contribution in [1.29, 1.82) is 0 Å². The number of rotatable bonds is 5. The standard InChI is InChI=1S/C18H16FN5O3/c19-15-6-12(17-14(7-15)9-26-11-27-17)4-5-20-18(25)13-2-1-3-16(8-13)24-10-21-22-23-24/h1-3,6-8,10H,4-5,9,11H2,(H,20,25). The van der Waals surface area contributed by atoms with Gasteiger partial charge in [0.1, 0.15) is 17.9 Å². The molecule has 1 N–H and O–H groups in total. The number of carbonyl (C=O) groups excluding carboxylic acids is 1. The molecule has 0 atom stereocenters. The largest absolute Gasteiger partial charge is 0.467 e. The molecule has 0 aliphatic carbocycles. The van der Waals surface area contributed by atoms with Crippen molar-refractivity contribution in [2.75, 3.05) is 13.3 Å². The average molecular weight is 369 g/mol. The summed E-state index contributed by atoms with van der Waals surface area (Å²) in [6.45, 7) is 0.798. The van der Waals surface area contributed by atoms with E-state index in [4.69, 9.17) is 9.47 Å². The first kappa shape index (κ1) is 17.1. The van der Waals surface area contributed by atoms with Gasteiger partial charge in [-0.2, -0.15) is 0 Å². The van der Waals surface area contributed by atoms with Crippen LogP contribution in [0.15, 0.2) is 42.7 Å². The van der Waals surface area contributed by atoms with Gasteiger partial charge >= 0.3 is 0 Å². The number of halogens is 1. The molecule has 138 valence electrons. The van der Waals surface area contributed by atoms with Crippen LogP contribution >= 0.6 is 0 Å². The van der Waals surface area contributed by atoms with Crippen LogP contribution in [0.4, 0.5) is 4.39 Å². The highest BCUT2D eigenvalue weighted by Gasteiger charge is 2.17. The van der Waals surface area contributed by atoms with Gasteiger partial charge in [0.25, 0.3) is 5.91 Å². The maximum Gasteiger partial charge on any atom is 0.251 e. The molecular formula is C18H16FN5O3. The third-order valence-corrected chi connectivity index (χ3v) is 4.15. The zero-order valence-electron chi connectivity index (χ0n) is 14.3. The number of aromatic nitrogens is 4. The van der Waals surface area contributed by atoms with Crippen molar-refractivity contribution in [3.8, 4) is 11.4 Å². The van der Waals surface area contributed by atoms with Crippen LogP contribution in [0.25, 0.3) is 5.69 Å². The van der Waals surface area contributed by atoms with Gasteiger partial charge in [-0.15, -0.1) is 5.10 Å². The van der Waals surface area contributed by atoms with Crippen molar-refractivity contribution in [1.82, 2.24) is 25.5 Å². The van der Waals surface area contributed by atoms with Gasteiger partial charge in [0, 0.05) is 17.7 Å². The predicted octanol–water partition coefficient (Wildman–Crippen LogP) is 1.64. The number of fused-ring (bicyclic) bond motifs is 1. The first-order chi connectivity index (χ1) is 13.2. The lowest BCUT2D eigenvalue weighted by molar-refractivity contribution is -0.0172. The number of nitrogens with zero attached hydrogens (tertiary/aromatic N) is 4. The zero-order valence-corrected chi connectivity index (χ0v) is 14.3. The molecule has 1 amide bonds. The highest BCUT2D eigenvalue weighted by atomic mass is 19.1. The fourth-order valence-corrected chi connectivity index (χ4v) is 2.92. The van der Waals surface area contributed by atoms with Crippen LogP contribution in [-0.2, 0) is 17.8 Å². The number of hydrogen-bond acceptors (Lipinski definition) is 6. The van der Waals surface area contributed by atoms with Crippen molar-refractivity contribution >= 4 is 5.91 Å². The summed E-state index contributed by atoms with van der Waals surface area (Å²) in [5.41, 5.74) is 2.54. The summed E-state index contributed by atoms with van der Waals surface area (Å²) < 4.78 is 25.9. The molecule has 0 saturated heterocycles. The Kier molecular flexibility index (Phi) is 4.75. The minimum absolute atomic E-state index is 0.141. The summed E-state index contributed by atoms with van der Waals surface area (Å²) in [6.07, 6.45) is 1.90. The number of amides is 1. The number of tetrazole rings is 1. The Morgan fingerprint density at radius 3 is 3.07 bits per heavy atom. The monoisotopic (exact) mass is 369 g/mol. The molecule has 0 bridgehead atoms. The molecule has 4 rings (SSSR count). The molecule has 1 aliphatic heterocycles. The van der Waals surface area contributed by atoms with Crippen molar-refractivity contribution in [2.45, 2.75) is 13.0 Å². The van der Waals surface area contributed by atoms with E-state index in [9.17, 15) is 9.18 Å². The second-order valence-electron chi connectivity index (χ2n) is 5.97. The van der Waals surface area contributed by atoms with Crippen molar-refractivity contribution < 1.29 is 18.7 Å². The normalized spacial score (nSPS) is 12.9. The lowest BCUT2D eigenvalue weighted by atomic mass is 10.1. The fourth-order valence-electron chi connectivity index (χ4n) is 2.92. The van der Waals surface area contributed by atoms with Gasteiger partial charge in [-0.3, -0.25) is 4.79 Å². The Balaban J connectivity index is 1.42. The van der Waals surface area contributed by atoms with Crippen LogP contribution < -0.4 is 10.1 Å². The lowest BCUT2D eigenvalue weighted by Gasteiger charge is -2.21. The molecule has 0 radical (unpaired) electrons. The van der Waals surface area contributed by atoms with Gasteiger partial charge < -0.3 is 14.8 Å². The van der Waals surface area contributed by atoms with Crippen LogP contribution in [-0.4, -0.2) is 39.5 Å². The quantitative estimate of drug-likeness (QED) is 0.735. The van der Waals surface area contributed by atoms with E-state index in [1.807, 2.05) is 0 Å². The molecule has 2 aromatic carbocycles. The van der Waals surface area contributed by atoms with Gasteiger partial charge in [0.2, 0.25) is 0 Å². The third kappa shape index (κ3) is 3.77. The summed E-state index contributed by atoms with van der Waals surface area (Å²) in [6, 6.07) is 9.77. The minimum Gasteiger partial charge on any atom is -0.467 e. The molecule has 27 heavy (non-hydrogen) atoms. The highest BCUT2D eigenvalue weighted by molar-refractivity contribution is 5.94. The van der Waals surface area contributed by atoms with Gasteiger partial charge in [0.05, 0.1) is 12.3 Å². The van der Waals surface area contributed by atoms with E-state index in [1.54, 1.807) is 24.3 Å². The molecular weight excluding hydrogens is 353 g/mol. The maximum atomic E-state index is 13.8. The molecule has 0 unspecified atom stereocenters. The van der Waals surface area contributed by atoms with Crippen LogP contribution in [0.2, 0.25) is 0 Å². The summed E-state index contributed by atoms with van der Waals surface area (Å²) in [4.78, 5) is 12.4. The predicted molar refractivity (Wildman–Crippen MR) is 91.9 cm³/mol. The van der Waals surface area contributed by atoms with Gasteiger partial charge in [-0.1, -0.05) is 6.07 Å². The SMILES string of the molecule is O=C(NCCc1cc(F)cc2c1OCOC2)c1cccc(-n2cnnn2)c1. The van der Waals surface area contributed by atoms with Gasteiger partial charge in [-0.05, 0) is 52.7 Å². The van der Waals surface area contributed by atoms with Crippen molar-refractivity contribution in [3.05, 3.63) is 65.2 Å². The Labute approximate surface area is 153 Å². The minimum atomic E-state index is -0.349. The number of nitrogens with one attached hydrogen (secondary N) is 1. The molecule has 1 aliphatic rings. The van der Waals surface area contributed by atoms with E-state index in [0.29, 0.717) is 47.7 Å². The lowest BCUT2D eigenvalue weighted by Crippen LogP contribution is -2.26. The second kappa shape index (κ2) is 7.50. The van der Waals surface area contributed by atoms with Crippen LogP contribution in [0, 0.1) is 5.82 Å². The van der Waals surface area contributed by atoms with Crippen LogP contribution in [0.3, 0.4) is 0 Å². The Morgan fingerprint density at radius 1 is 1.30 bits per heavy atom. The Hall–Kier alpha value is -3.33. The number of hydrogen-bond donors (Lipinski definition) is 1. The zero-order chi connectivity index (χ0) is 18.6. The van der Waals surface area contributed by atoms with Crippen molar-refractivity contribution in [3.63, 3.8) is 0 Å². The molecule has 3 aromatic rings. The molecule has 2 heterocycles. The molecule has 1 aromatic heterocycles. The topological polar surface area (TPSA) is 91.2 Å². The van der Waals surface area contributed by atoms with E-state index in [2.05, 4.69) is 20.8 Å². The van der Waals surface area contributed by atoms with E-state index in [-0.39, 0.29) is 18.5 Å². The van der Waals surface area contributed by atoms with Crippen molar-refractivity contribution in [2.24, 2.45) is 0 Å². The Morgan fingerprint density at radius 2 is 2.22 bits per heavy atom. The molecule has 9 heteroatoms. The van der Waals surface area contributed by atoms with Crippen LogP contribution in [0.5, 0.6) is 5.75 Å². The second-order valence-corrected chi connectivity index (χ2v) is 5.97. The molecule has 8 nitrogen and oxygen atoms in total. The Bertz CT molecular complexity index is 962. The fraction of sp³-hybridized carbons (Fsp3) is 0.222. The first-order valence-electron chi connectivity index (χ1n) is 8.34. The summed E-state index contributed by atoms with van der Waals surface area (Å²) in [5, 5.41) is 13.8. The third-order valence-electron chi connectivity index (χ3n) is 4.15. The van der Waals surface area contributed by atoms with Gasteiger partial charge in [-0.25, -0.2) is 9.07 Å². The van der Waals surface area contributed by atoms with Crippen LogP contribution in [0.1, 0.15) is 21.5 Å². The molecule has 0 fully saturated rings. The molecule has 0 saturated carbocycles. The van der Waals surface area contributed by atoms with E-state index >= 15 is 0 Å². The van der Waals surface area contributed by atoms with E-state index in [0.717, 1.165) is 0 Å². The molecule has 0 spiro atoms. The number of benzene rings is 2. The number of carbonyl (C=O) groups is 1. The highest BCUT2D eigenvalue weighted by Crippen LogP contribution is 2.29. The number of ether oxygens (including phenoxy) is 2. The first-order valence-corrected chi connectivity index (χ1v) is 8.34. The smallest absolute Gasteiger partial charge is 0.251 e. The maximum absolute atomic E-state index is 13.8. The summed E-state index contributed by atoms with van der Waals surface area (Å²) in [5.74, 6) is 0.0512. The van der Waals surface area contributed by atoms with Gasteiger partial charge in [0.15, 0.2) is 6.79 Å². The summed E-state index contributed by atoms with van der Waals surface area (Å²) >= 11 is 0. The summed E-state index contributed by atoms with van der Waals surface area (Å²) in [7, 11) is 0. The average Bonchev–Trinajstić information content (AvgIpc) is 3.23. The van der Waals surface area contributed by atoms with E-state index < -0.39 is 0 Å².